The normalized spacial score (nSPS) is 11.2. The Labute approximate surface area is 178 Å². The highest BCUT2D eigenvalue weighted by molar-refractivity contribution is 6.33. The summed E-state index contributed by atoms with van der Waals surface area (Å²) in [6.45, 7) is 0.126. The van der Waals surface area contributed by atoms with Gasteiger partial charge in [-0.25, -0.2) is 9.97 Å². The van der Waals surface area contributed by atoms with Crippen molar-refractivity contribution < 1.29 is 18.1 Å². The number of hydrogen-bond donors (Lipinski definition) is 2. The van der Waals surface area contributed by atoms with Gasteiger partial charge in [-0.3, -0.25) is 10.1 Å². The van der Waals surface area contributed by atoms with E-state index in [0.717, 1.165) is 24.5 Å². The van der Waals surface area contributed by atoms with E-state index < -0.39 is 22.4 Å². The number of anilines is 3. The largest absolute Gasteiger partial charge is 0.416 e. The number of hydrogen-bond acceptors (Lipinski definition) is 6. The lowest BCUT2D eigenvalue weighted by Crippen LogP contribution is -2.09. The highest BCUT2D eigenvalue weighted by Crippen LogP contribution is 2.37. The zero-order valence-electron chi connectivity index (χ0n) is 14.9. The Kier molecular flexibility index (Phi) is 6.28. The fraction of sp³-hybridized carbons (Fsp3) is 0.111. The molecule has 0 aliphatic rings. The van der Waals surface area contributed by atoms with Crippen LogP contribution >= 0.6 is 23.2 Å². The smallest absolute Gasteiger partial charge is 0.360 e. The summed E-state index contributed by atoms with van der Waals surface area (Å²) in [5, 5.41) is 17.3. The SMILES string of the molecule is O=[N+]([O-])c1c(NCc2ccccc2Cl)ncnc1Nc1cc(C(F)(F)F)ccc1Cl. The van der Waals surface area contributed by atoms with Crippen LogP contribution in [0.2, 0.25) is 10.0 Å². The van der Waals surface area contributed by atoms with Crippen molar-refractivity contribution in [3.8, 4) is 0 Å². The summed E-state index contributed by atoms with van der Waals surface area (Å²) in [6, 6.07) is 9.46. The van der Waals surface area contributed by atoms with E-state index in [1.807, 2.05) is 0 Å². The molecule has 0 aliphatic heterocycles. The number of benzene rings is 2. The monoisotopic (exact) mass is 457 g/mol. The number of rotatable bonds is 6. The third kappa shape index (κ3) is 4.89. The molecule has 1 heterocycles. The van der Waals surface area contributed by atoms with Crippen molar-refractivity contribution >= 4 is 46.2 Å². The van der Waals surface area contributed by atoms with Crippen LogP contribution in [0.3, 0.4) is 0 Å². The van der Waals surface area contributed by atoms with E-state index in [4.69, 9.17) is 23.2 Å². The zero-order chi connectivity index (χ0) is 21.9. The van der Waals surface area contributed by atoms with E-state index in [2.05, 4.69) is 20.6 Å². The summed E-state index contributed by atoms with van der Waals surface area (Å²) >= 11 is 12.0. The lowest BCUT2D eigenvalue weighted by atomic mass is 10.2. The molecule has 1 aromatic heterocycles. The Morgan fingerprint density at radius 2 is 1.73 bits per heavy atom. The standard InChI is InChI=1S/C18H12Cl2F3N5O2/c19-12-4-2-1-3-10(12)8-24-16-15(28(29)30)17(26-9-25-16)27-14-7-11(18(21,22)23)5-6-13(14)20/h1-7,9H,8H2,(H2,24,25,26,27). The third-order valence-electron chi connectivity index (χ3n) is 3.96. The quantitative estimate of drug-likeness (QED) is 0.344. The molecular weight excluding hydrogens is 446 g/mol. The molecule has 0 fully saturated rings. The second-order valence-electron chi connectivity index (χ2n) is 5.94. The van der Waals surface area contributed by atoms with Crippen LogP contribution in [-0.4, -0.2) is 14.9 Å². The predicted molar refractivity (Wildman–Crippen MR) is 107 cm³/mol. The molecule has 0 unspecified atom stereocenters. The van der Waals surface area contributed by atoms with Crippen LogP contribution in [0.1, 0.15) is 11.1 Å². The zero-order valence-corrected chi connectivity index (χ0v) is 16.4. The van der Waals surface area contributed by atoms with E-state index in [-0.39, 0.29) is 28.9 Å². The topological polar surface area (TPSA) is 93.0 Å². The lowest BCUT2D eigenvalue weighted by Gasteiger charge is -2.13. The van der Waals surface area contributed by atoms with E-state index in [9.17, 15) is 23.3 Å². The maximum Gasteiger partial charge on any atom is 0.416 e. The van der Waals surface area contributed by atoms with E-state index in [1.54, 1.807) is 24.3 Å². The molecule has 30 heavy (non-hydrogen) atoms. The summed E-state index contributed by atoms with van der Waals surface area (Å²) in [5.41, 5.74) is -1.05. The van der Waals surface area contributed by atoms with Gasteiger partial charge in [0, 0.05) is 11.6 Å². The van der Waals surface area contributed by atoms with Crippen molar-refractivity contribution in [2.45, 2.75) is 12.7 Å². The number of nitrogens with one attached hydrogen (secondary N) is 2. The summed E-state index contributed by atoms with van der Waals surface area (Å²) in [5.74, 6) is -0.460. The Morgan fingerprint density at radius 1 is 1.03 bits per heavy atom. The number of aromatic nitrogens is 2. The molecule has 0 spiro atoms. The Bertz CT molecular complexity index is 1100. The molecular formula is C18H12Cl2F3N5O2. The minimum atomic E-state index is -4.61. The van der Waals surface area contributed by atoms with Gasteiger partial charge in [-0.15, -0.1) is 0 Å². The van der Waals surface area contributed by atoms with Gasteiger partial charge in [0.25, 0.3) is 0 Å². The first-order valence-electron chi connectivity index (χ1n) is 8.27. The molecule has 0 amide bonds. The van der Waals surface area contributed by atoms with Crippen LogP contribution in [0.4, 0.5) is 36.2 Å². The number of halogens is 5. The third-order valence-corrected chi connectivity index (χ3v) is 4.65. The average Bonchev–Trinajstić information content (AvgIpc) is 2.68. The lowest BCUT2D eigenvalue weighted by molar-refractivity contribution is -0.383. The average molecular weight is 458 g/mol. The number of nitrogens with zero attached hydrogens (tertiary/aromatic N) is 3. The first kappa shape index (κ1) is 21.6. The molecule has 0 aliphatic carbocycles. The van der Waals surface area contributed by atoms with Crippen molar-refractivity contribution in [2.24, 2.45) is 0 Å². The molecule has 12 heteroatoms. The minimum absolute atomic E-state index is 0.0681. The van der Waals surface area contributed by atoms with Gasteiger partial charge in [-0.2, -0.15) is 13.2 Å². The maximum absolute atomic E-state index is 13.0. The Hall–Kier alpha value is -3.11. The van der Waals surface area contributed by atoms with Gasteiger partial charge in [0.2, 0.25) is 11.6 Å². The molecule has 0 saturated heterocycles. The fourth-order valence-corrected chi connectivity index (χ4v) is 2.89. The highest BCUT2D eigenvalue weighted by atomic mass is 35.5. The van der Waals surface area contributed by atoms with E-state index in [1.165, 1.54) is 0 Å². The predicted octanol–water partition coefficient (Wildman–Crippen LogP) is 6.07. The number of nitro groups is 1. The first-order valence-corrected chi connectivity index (χ1v) is 9.03. The van der Waals surface area contributed by atoms with Crippen molar-refractivity contribution in [1.82, 2.24) is 9.97 Å². The summed E-state index contributed by atoms with van der Waals surface area (Å²) in [6.07, 6.45) is -3.58. The highest BCUT2D eigenvalue weighted by Gasteiger charge is 2.31. The van der Waals surface area contributed by atoms with Gasteiger partial charge >= 0.3 is 11.9 Å². The van der Waals surface area contributed by atoms with Crippen LogP contribution in [0, 0.1) is 10.1 Å². The Balaban J connectivity index is 1.94. The van der Waals surface area contributed by atoms with Gasteiger partial charge in [-0.1, -0.05) is 41.4 Å². The van der Waals surface area contributed by atoms with E-state index in [0.29, 0.717) is 10.6 Å². The van der Waals surface area contributed by atoms with Crippen LogP contribution < -0.4 is 10.6 Å². The van der Waals surface area contributed by atoms with Gasteiger partial charge in [0.15, 0.2) is 0 Å². The second-order valence-corrected chi connectivity index (χ2v) is 6.75. The van der Waals surface area contributed by atoms with E-state index >= 15 is 0 Å². The van der Waals surface area contributed by atoms with Crippen molar-refractivity contribution in [2.75, 3.05) is 10.6 Å². The minimum Gasteiger partial charge on any atom is -0.360 e. The molecule has 0 radical (unpaired) electrons. The number of alkyl halides is 3. The summed E-state index contributed by atoms with van der Waals surface area (Å²) in [4.78, 5) is 18.5. The molecule has 7 nitrogen and oxygen atoms in total. The molecule has 156 valence electrons. The van der Waals surface area contributed by atoms with Crippen molar-refractivity contribution in [3.63, 3.8) is 0 Å². The Morgan fingerprint density at radius 3 is 2.40 bits per heavy atom. The van der Waals surface area contributed by atoms with Crippen LogP contribution in [-0.2, 0) is 12.7 Å². The van der Waals surface area contributed by atoms with Crippen molar-refractivity contribution in [1.29, 1.82) is 0 Å². The second kappa shape index (κ2) is 8.72. The molecule has 3 rings (SSSR count). The first-order chi connectivity index (χ1) is 14.2. The van der Waals surface area contributed by atoms with Gasteiger partial charge in [0.05, 0.1) is 21.2 Å². The van der Waals surface area contributed by atoms with Crippen LogP contribution in [0.25, 0.3) is 0 Å². The molecule has 0 atom stereocenters. The van der Waals surface area contributed by atoms with Crippen molar-refractivity contribution in [3.05, 3.63) is 80.1 Å². The molecule has 2 N–H and O–H groups in total. The van der Waals surface area contributed by atoms with Gasteiger partial charge < -0.3 is 10.6 Å². The molecule has 2 aromatic carbocycles. The molecule has 3 aromatic rings. The van der Waals surface area contributed by atoms with Crippen LogP contribution in [0.15, 0.2) is 48.8 Å². The summed E-state index contributed by atoms with van der Waals surface area (Å²) in [7, 11) is 0. The fourth-order valence-electron chi connectivity index (χ4n) is 2.52. The van der Waals surface area contributed by atoms with Crippen LogP contribution in [0.5, 0.6) is 0 Å². The molecule has 0 saturated carbocycles. The maximum atomic E-state index is 13.0. The van der Waals surface area contributed by atoms with Gasteiger partial charge in [-0.05, 0) is 29.8 Å². The summed E-state index contributed by atoms with van der Waals surface area (Å²) < 4.78 is 38.9. The van der Waals surface area contributed by atoms with Gasteiger partial charge in [0.1, 0.15) is 6.33 Å². The molecule has 0 bridgehead atoms.